The van der Waals surface area contributed by atoms with E-state index in [4.69, 9.17) is 0 Å². The van der Waals surface area contributed by atoms with Crippen molar-refractivity contribution < 1.29 is 17.6 Å². The van der Waals surface area contributed by atoms with Gasteiger partial charge in [0.25, 0.3) is 0 Å². The number of hydrogen-bond donors (Lipinski definition) is 0. The molecule has 5 heteroatoms. The number of nitrogens with zero attached hydrogens (tertiary/aromatic N) is 1. The van der Waals surface area contributed by atoms with Crippen LogP contribution in [0.4, 0.5) is 17.6 Å². The van der Waals surface area contributed by atoms with Gasteiger partial charge in [-0.2, -0.15) is 13.2 Å². The van der Waals surface area contributed by atoms with Gasteiger partial charge in [0.1, 0.15) is 5.82 Å². The molecule has 1 nitrogen and oxygen atoms in total. The van der Waals surface area contributed by atoms with Gasteiger partial charge in [-0.25, -0.2) is 4.39 Å². The quantitative estimate of drug-likeness (QED) is 0.728. The zero-order valence-electron chi connectivity index (χ0n) is 11.7. The highest BCUT2D eigenvalue weighted by atomic mass is 19.4. The summed E-state index contributed by atoms with van der Waals surface area (Å²) in [5, 5.41) is 0. The molecule has 0 radical (unpaired) electrons. The fraction of sp³-hybridized carbons (Fsp3) is 0.600. The van der Waals surface area contributed by atoms with Crippen molar-refractivity contribution in [2.24, 2.45) is 0 Å². The van der Waals surface area contributed by atoms with E-state index < -0.39 is 17.6 Å². The van der Waals surface area contributed by atoms with E-state index in [0.29, 0.717) is 17.7 Å². The van der Waals surface area contributed by atoms with Crippen LogP contribution in [-0.2, 0) is 6.18 Å². The number of hydrogen-bond acceptors (Lipinski definition) is 1. The van der Waals surface area contributed by atoms with Crippen LogP contribution < -0.4 is 0 Å². The first kappa shape index (κ1) is 15.3. The molecular weight excluding hydrogens is 270 g/mol. The van der Waals surface area contributed by atoms with E-state index >= 15 is 0 Å². The fourth-order valence-corrected chi connectivity index (χ4v) is 2.95. The summed E-state index contributed by atoms with van der Waals surface area (Å²) in [5.74, 6) is -0.797. The van der Waals surface area contributed by atoms with Crippen LogP contribution in [0.2, 0.25) is 0 Å². The maximum atomic E-state index is 13.5. The molecule has 0 N–H and O–H groups in total. The molecule has 0 amide bonds. The molecule has 2 atom stereocenters. The largest absolute Gasteiger partial charge is 0.416 e. The van der Waals surface area contributed by atoms with Crippen LogP contribution in [0.3, 0.4) is 0 Å². The van der Waals surface area contributed by atoms with Gasteiger partial charge in [0.2, 0.25) is 0 Å². The molecule has 1 aromatic rings. The number of benzene rings is 1. The van der Waals surface area contributed by atoms with E-state index in [9.17, 15) is 17.6 Å². The molecule has 1 aromatic carbocycles. The number of alkyl halides is 3. The SMILES string of the molecule is CN(C)C1CCCC(c2cc(F)cc(C(F)(F)F)c2)C1. The van der Waals surface area contributed by atoms with Gasteiger partial charge in [-0.15, -0.1) is 0 Å². The number of rotatable bonds is 2. The molecule has 0 heterocycles. The Balaban J connectivity index is 2.26. The summed E-state index contributed by atoms with van der Waals surface area (Å²) >= 11 is 0. The summed E-state index contributed by atoms with van der Waals surface area (Å²) in [5.41, 5.74) is -0.414. The summed E-state index contributed by atoms with van der Waals surface area (Å²) < 4.78 is 51.7. The Kier molecular flexibility index (Phi) is 4.37. The Labute approximate surface area is 116 Å². The third kappa shape index (κ3) is 3.51. The molecule has 112 valence electrons. The molecule has 2 rings (SSSR count). The zero-order chi connectivity index (χ0) is 14.9. The molecule has 2 unspecified atom stereocenters. The van der Waals surface area contributed by atoms with E-state index in [1.165, 1.54) is 6.07 Å². The highest BCUT2D eigenvalue weighted by Gasteiger charge is 2.33. The van der Waals surface area contributed by atoms with Crippen LogP contribution in [0.1, 0.15) is 42.7 Å². The van der Waals surface area contributed by atoms with Gasteiger partial charge < -0.3 is 4.90 Å². The van der Waals surface area contributed by atoms with Crippen LogP contribution in [0, 0.1) is 5.82 Å². The molecule has 1 saturated carbocycles. The Bertz CT molecular complexity index is 467. The Morgan fingerprint density at radius 2 is 1.80 bits per heavy atom. The van der Waals surface area contributed by atoms with E-state index in [0.717, 1.165) is 31.7 Å². The van der Waals surface area contributed by atoms with Crippen LogP contribution in [0.15, 0.2) is 18.2 Å². The minimum Gasteiger partial charge on any atom is -0.306 e. The predicted octanol–water partition coefficient (Wildman–Crippen LogP) is 4.43. The van der Waals surface area contributed by atoms with Gasteiger partial charge in [-0.3, -0.25) is 0 Å². The lowest BCUT2D eigenvalue weighted by Gasteiger charge is -2.33. The van der Waals surface area contributed by atoms with Crippen molar-refractivity contribution in [3.63, 3.8) is 0 Å². The summed E-state index contributed by atoms with van der Waals surface area (Å²) in [6, 6.07) is 3.27. The molecule has 1 fully saturated rings. The van der Waals surface area contributed by atoms with Crippen LogP contribution in [0.5, 0.6) is 0 Å². The van der Waals surface area contributed by atoms with Gasteiger partial charge in [0.15, 0.2) is 0 Å². The third-order valence-electron chi connectivity index (χ3n) is 4.10. The van der Waals surface area contributed by atoms with Crippen molar-refractivity contribution in [3.05, 3.63) is 35.1 Å². The summed E-state index contributed by atoms with van der Waals surface area (Å²) in [6.45, 7) is 0. The summed E-state index contributed by atoms with van der Waals surface area (Å²) in [6.07, 6.45) is -0.873. The maximum Gasteiger partial charge on any atom is 0.416 e. The topological polar surface area (TPSA) is 3.24 Å². The molecule has 0 aromatic heterocycles. The van der Waals surface area contributed by atoms with Crippen molar-refractivity contribution in [3.8, 4) is 0 Å². The lowest BCUT2D eigenvalue weighted by atomic mass is 9.80. The third-order valence-corrected chi connectivity index (χ3v) is 4.10. The van der Waals surface area contributed by atoms with Gasteiger partial charge >= 0.3 is 6.18 Å². The first-order chi connectivity index (χ1) is 9.27. The average Bonchev–Trinajstić information content (AvgIpc) is 2.37. The highest BCUT2D eigenvalue weighted by molar-refractivity contribution is 5.29. The molecule has 0 spiro atoms. The average molecular weight is 289 g/mol. The maximum absolute atomic E-state index is 13.5. The molecule has 0 bridgehead atoms. The molecule has 1 aliphatic carbocycles. The van der Waals surface area contributed by atoms with Gasteiger partial charge in [0.05, 0.1) is 5.56 Å². The minimum atomic E-state index is -4.49. The second kappa shape index (κ2) is 5.72. The van der Waals surface area contributed by atoms with Gasteiger partial charge in [-0.1, -0.05) is 6.42 Å². The lowest BCUT2D eigenvalue weighted by Crippen LogP contribution is -2.32. The zero-order valence-corrected chi connectivity index (χ0v) is 11.7. The molecule has 1 aliphatic rings. The second-order valence-corrected chi connectivity index (χ2v) is 5.75. The monoisotopic (exact) mass is 289 g/mol. The predicted molar refractivity (Wildman–Crippen MR) is 70.1 cm³/mol. The summed E-state index contributed by atoms with van der Waals surface area (Å²) in [7, 11) is 3.94. The highest BCUT2D eigenvalue weighted by Crippen LogP contribution is 2.37. The van der Waals surface area contributed by atoms with Crippen LogP contribution in [-0.4, -0.2) is 25.0 Å². The lowest BCUT2D eigenvalue weighted by molar-refractivity contribution is -0.137. The van der Waals surface area contributed by atoms with E-state index in [1.807, 2.05) is 14.1 Å². The van der Waals surface area contributed by atoms with Crippen molar-refractivity contribution in [2.45, 2.75) is 43.8 Å². The van der Waals surface area contributed by atoms with Crippen LogP contribution >= 0.6 is 0 Å². The second-order valence-electron chi connectivity index (χ2n) is 5.75. The van der Waals surface area contributed by atoms with E-state index in [-0.39, 0.29) is 5.92 Å². The summed E-state index contributed by atoms with van der Waals surface area (Å²) in [4.78, 5) is 2.09. The fourth-order valence-electron chi connectivity index (χ4n) is 2.95. The Morgan fingerprint density at radius 3 is 2.40 bits per heavy atom. The normalized spacial score (nSPS) is 24.1. The first-order valence-electron chi connectivity index (χ1n) is 6.81. The minimum absolute atomic E-state index is 0.00736. The van der Waals surface area contributed by atoms with Crippen molar-refractivity contribution >= 4 is 0 Å². The molecule has 0 saturated heterocycles. The molecule has 0 aliphatic heterocycles. The Hall–Kier alpha value is -1.10. The van der Waals surface area contributed by atoms with Crippen molar-refractivity contribution in [1.82, 2.24) is 4.90 Å². The van der Waals surface area contributed by atoms with E-state index in [2.05, 4.69) is 4.90 Å². The first-order valence-corrected chi connectivity index (χ1v) is 6.81. The molecular formula is C15H19F4N. The van der Waals surface area contributed by atoms with Crippen LogP contribution in [0.25, 0.3) is 0 Å². The van der Waals surface area contributed by atoms with E-state index in [1.54, 1.807) is 0 Å². The van der Waals surface area contributed by atoms with Gasteiger partial charge in [-0.05, 0) is 63.0 Å². The standard InChI is InChI=1S/C15H19F4N/c1-20(2)14-5-3-4-10(8-14)11-6-12(15(17,18)19)9-13(16)7-11/h6-7,9-10,14H,3-5,8H2,1-2H3. The van der Waals surface area contributed by atoms with Crippen molar-refractivity contribution in [1.29, 1.82) is 0 Å². The Morgan fingerprint density at radius 1 is 1.10 bits per heavy atom. The van der Waals surface area contributed by atoms with Crippen molar-refractivity contribution in [2.75, 3.05) is 14.1 Å². The molecule has 20 heavy (non-hydrogen) atoms. The number of halogens is 4. The smallest absolute Gasteiger partial charge is 0.306 e. The van der Waals surface area contributed by atoms with Gasteiger partial charge in [0, 0.05) is 6.04 Å².